The Bertz CT molecular complexity index is 1290. The summed E-state index contributed by atoms with van der Waals surface area (Å²) in [5.74, 6) is -1.02. The lowest BCUT2D eigenvalue weighted by Gasteiger charge is -2.37. The highest BCUT2D eigenvalue weighted by atomic mass is 32.2. The van der Waals surface area contributed by atoms with Crippen molar-refractivity contribution in [3.8, 4) is 11.1 Å². The van der Waals surface area contributed by atoms with Crippen LogP contribution in [-0.2, 0) is 10.0 Å². The molecule has 0 radical (unpaired) electrons. The smallest absolute Gasteiger partial charge is 0.294 e. The first-order valence-corrected chi connectivity index (χ1v) is 12.1. The van der Waals surface area contributed by atoms with Crippen molar-refractivity contribution in [1.82, 2.24) is 4.98 Å². The zero-order chi connectivity index (χ0) is 23.2. The van der Waals surface area contributed by atoms with Crippen molar-refractivity contribution in [3.05, 3.63) is 59.8 Å². The van der Waals surface area contributed by atoms with Crippen LogP contribution >= 0.6 is 11.3 Å². The molecule has 0 aliphatic carbocycles. The second-order valence-corrected chi connectivity index (χ2v) is 10.4. The van der Waals surface area contributed by atoms with E-state index in [0.29, 0.717) is 24.3 Å². The van der Waals surface area contributed by atoms with Crippen molar-refractivity contribution in [2.24, 2.45) is 11.1 Å². The van der Waals surface area contributed by atoms with Crippen molar-refractivity contribution < 1.29 is 22.0 Å². The van der Waals surface area contributed by atoms with Gasteiger partial charge in [-0.15, -0.1) is 0 Å². The van der Waals surface area contributed by atoms with E-state index in [9.17, 15) is 22.0 Å². The number of urea groups is 1. The zero-order valence-electron chi connectivity index (χ0n) is 17.2. The maximum absolute atomic E-state index is 14.1. The summed E-state index contributed by atoms with van der Waals surface area (Å²) < 4.78 is 51.1. The van der Waals surface area contributed by atoms with E-state index in [2.05, 4.69) is 4.98 Å². The van der Waals surface area contributed by atoms with Gasteiger partial charge in [0.1, 0.15) is 11.6 Å². The van der Waals surface area contributed by atoms with E-state index < -0.39 is 21.7 Å². The molecule has 11 heteroatoms. The molecule has 4 rings (SSSR count). The standard InChI is InChI=1S/C21H20F2N4O3S2/c1-12-10-26(16-6-3-14(4-7-16)17-9-15(22)5-8-18(17)23)21(28)27(11-12)20-25-13(2)19(31-20)32(24,29)30/h3-9,12H,10-11H2,1-2H3,(H2,24,29,30). The van der Waals surface area contributed by atoms with E-state index in [1.165, 1.54) is 11.8 Å². The fourth-order valence-corrected chi connectivity index (χ4v) is 5.60. The minimum Gasteiger partial charge on any atom is -0.294 e. The van der Waals surface area contributed by atoms with Gasteiger partial charge < -0.3 is 0 Å². The van der Waals surface area contributed by atoms with Gasteiger partial charge >= 0.3 is 6.03 Å². The van der Waals surface area contributed by atoms with Gasteiger partial charge in [0, 0.05) is 24.3 Å². The molecule has 1 fully saturated rings. The number of rotatable bonds is 4. The molecular weight excluding hydrogens is 458 g/mol. The maximum Gasteiger partial charge on any atom is 0.330 e. The Hall–Kier alpha value is -2.89. The van der Waals surface area contributed by atoms with Gasteiger partial charge in [0.05, 0.1) is 5.69 Å². The molecule has 1 aliphatic rings. The Kier molecular flexibility index (Phi) is 5.74. The highest BCUT2D eigenvalue weighted by Crippen LogP contribution is 2.34. The Morgan fingerprint density at radius 3 is 2.38 bits per heavy atom. The van der Waals surface area contributed by atoms with Crippen molar-refractivity contribution in [2.75, 3.05) is 22.9 Å². The lowest BCUT2D eigenvalue weighted by atomic mass is 10.0. The van der Waals surface area contributed by atoms with Crippen molar-refractivity contribution >= 4 is 38.2 Å². The first-order chi connectivity index (χ1) is 15.0. The van der Waals surface area contributed by atoms with Crippen LogP contribution in [0.25, 0.3) is 11.1 Å². The summed E-state index contributed by atoms with van der Waals surface area (Å²) in [5, 5.41) is 5.50. The van der Waals surface area contributed by atoms with Crippen LogP contribution in [0.5, 0.6) is 0 Å². The van der Waals surface area contributed by atoms with Crippen LogP contribution in [0.15, 0.2) is 46.7 Å². The summed E-state index contributed by atoms with van der Waals surface area (Å²) in [6, 6.07) is 9.45. The fourth-order valence-electron chi connectivity index (χ4n) is 3.65. The highest BCUT2D eigenvalue weighted by Gasteiger charge is 2.34. The minimum atomic E-state index is -3.94. The van der Waals surface area contributed by atoms with E-state index in [1.807, 2.05) is 6.92 Å². The van der Waals surface area contributed by atoms with E-state index in [0.717, 1.165) is 29.5 Å². The van der Waals surface area contributed by atoms with E-state index in [4.69, 9.17) is 5.14 Å². The Morgan fingerprint density at radius 2 is 1.75 bits per heavy atom. The summed E-state index contributed by atoms with van der Waals surface area (Å²) in [5.41, 5.74) is 1.43. The number of nitrogens with two attached hydrogens (primary N) is 1. The van der Waals surface area contributed by atoms with E-state index in [-0.39, 0.29) is 32.5 Å². The molecule has 2 N–H and O–H groups in total. The van der Waals surface area contributed by atoms with Crippen molar-refractivity contribution in [2.45, 2.75) is 18.1 Å². The molecule has 1 saturated heterocycles. The number of halogens is 2. The van der Waals surface area contributed by atoms with Gasteiger partial charge in [0.25, 0.3) is 0 Å². The van der Waals surface area contributed by atoms with Crippen LogP contribution in [-0.4, -0.2) is 32.5 Å². The van der Waals surface area contributed by atoms with Crippen LogP contribution in [0.3, 0.4) is 0 Å². The van der Waals surface area contributed by atoms with Gasteiger partial charge in [-0.1, -0.05) is 30.4 Å². The number of hydrogen-bond acceptors (Lipinski definition) is 5. The first-order valence-electron chi connectivity index (χ1n) is 9.69. The molecule has 1 aliphatic heterocycles. The predicted molar refractivity (Wildman–Crippen MR) is 119 cm³/mol. The molecule has 1 atom stereocenters. The third-order valence-electron chi connectivity index (χ3n) is 5.10. The predicted octanol–water partition coefficient (Wildman–Crippen LogP) is 4.13. The van der Waals surface area contributed by atoms with Gasteiger partial charge in [-0.25, -0.2) is 32.1 Å². The van der Waals surface area contributed by atoms with Crippen LogP contribution < -0.4 is 14.9 Å². The molecule has 0 saturated carbocycles. The Labute approximate surface area is 188 Å². The monoisotopic (exact) mass is 478 g/mol. The number of aryl methyl sites for hydroxylation is 1. The van der Waals surface area contributed by atoms with Crippen LogP contribution in [0.4, 0.5) is 24.4 Å². The molecule has 2 amide bonds. The van der Waals surface area contributed by atoms with E-state index in [1.54, 1.807) is 29.2 Å². The van der Waals surface area contributed by atoms with Gasteiger partial charge in [-0.05, 0) is 48.7 Å². The lowest BCUT2D eigenvalue weighted by molar-refractivity contribution is 0.245. The molecule has 168 valence electrons. The summed E-state index contributed by atoms with van der Waals surface area (Å²) >= 11 is 0.856. The quantitative estimate of drug-likeness (QED) is 0.610. The summed E-state index contributed by atoms with van der Waals surface area (Å²) in [6.07, 6.45) is 0. The van der Waals surface area contributed by atoms with E-state index >= 15 is 0 Å². The topological polar surface area (TPSA) is 96.6 Å². The number of amides is 2. The second kappa shape index (κ2) is 8.23. The number of sulfonamides is 1. The maximum atomic E-state index is 14.1. The molecular formula is C21H20F2N4O3S2. The largest absolute Gasteiger partial charge is 0.330 e. The number of thiazole rings is 1. The van der Waals surface area contributed by atoms with Crippen molar-refractivity contribution in [3.63, 3.8) is 0 Å². The van der Waals surface area contributed by atoms with Gasteiger partial charge in [-0.3, -0.25) is 9.80 Å². The number of aromatic nitrogens is 1. The molecule has 0 bridgehead atoms. The number of anilines is 2. The molecule has 2 heterocycles. The fraction of sp³-hybridized carbons (Fsp3) is 0.238. The third-order valence-corrected chi connectivity index (χ3v) is 7.83. The van der Waals surface area contributed by atoms with Gasteiger partial charge in [0.2, 0.25) is 10.0 Å². The lowest BCUT2D eigenvalue weighted by Crippen LogP contribution is -2.53. The highest BCUT2D eigenvalue weighted by molar-refractivity contribution is 7.91. The number of carbonyl (C=O) groups is 1. The summed E-state index contributed by atoms with van der Waals surface area (Å²) in [4.78, 5) is 20.5. The van der Waals surface area contributed by atoms with Gasteiger partial charge in [-0.2, -0.15) is 0 Å². The van der Waals surface area contributed by atoms with Crippen LogP contribution in [0.1, 0.15) is 12.6 Å². The van der Waals surface area contributed by atoms with Crippen LogP contribution in [0, 0.1) is 24.5 Å². The normalized spacial score (nSPS) is 17.2. The van der Waals surface area contributed by atoms with Crippen molar-refractivity contribution in [1.29, 1.82) is 0 Å². The number of carbonyl (C=O) groups excluding carboxylic acids is 1. The molecule has 7 nitrogen and oxygen atoms in total. The van der Waals surface area contributed by atoms with Gasteiger partial charge in [0.15, 0.2) is 9.34 Å². The average molecular weight is 479 g/mol. The minimum absolute atomic E-state index is 0.0650. The second-order valence-electron chi connectivity index (χ2n) is 7.69. The zero-order valence-corrected chi connectivity index (χ0v) is 18.9. The molecule has 1 aromatic heterocycles. The molecule has 1 unspecified atom stereocenters. The third kappa shape index (κ3) is 4.23. The molecule has 3 aromatic rings. The van der Waals surface area contributed by atoms with Crippen LogP contribution in [0.2, 0.25) is 0 Å². The first kappa shape index (κ1) is 22.3. The Morgan fingerprint density at radius 1 is 1.09 bits per heavy atom. The molecule has 32 heavy (non-hydrogen) atoms. The molecule has 2 aromatic carbocycles. The number of hydrogen-bond donors (Lipinski definition) is 1. The summed E-state index contributed by atoms with van der Waals surface area (Å²) in [6.45, 7) is 4.30. The number of primary sulfonamides is 1. The number of benzene rings is 2. The average Bonchev–Trinajstić information content (AvgIpc) is 3.13. The molecule has 0 spiro atoms. The summed E-state index contributed by atoms with van der Waals surface area (Å²) in [7, 11) is -3.94. The Balaban J connectivity index is 1.64. The number of nitrogens with zero attached hydrogens (tertiary/aromatic N) is 3. The SMILES string of the molecule is Cc1nc(N2CC(C)CN(c3ccc(-c4cc(F)ccc4F)cc3)C2=O)sc1S(N)(=O)=O.